The van der Waals surface area contributed by atoms with Gasteiger partial charge in [-0.15, -0.1) is 0 Å². The number of nitrogens with zero attached hydrogens (tertiary/aromatic N) is 1. The topological polar surface area (TPSA) is 52.0 Å². The fourth-order valence-electron chi connectivity index (χ4n) is 4.18. The molecular weight excluding hydrogens is 290 g/mol. The number of non-ortho nitro benzene ring substituents is 1. The number of hydrogen-bond donors (Lipinski definition) is 2. The highest BCUT2D eigenvalue weighted by Gasteiger charge is 2.31. The molecule has 2 heterocycles. The molecule has 2 aliphatic heterocycles. The number of nitro benzene ring substituents is 1. The first-order valence-corrected chi connectivity index (χ1v) is 9.03. The lowest BCUT2D eigenvalue weighted by Crippen LogP contribution is -3.20. The molecule has 126 valence electrons. The maximum Gasteiger partial charge on any atom is 0.269 e. The lowest BCUT2D eigenvalue weighted by molar-refractivity contribution is -0.966. The number of rotatable bonds is 4. The molecule has 0 unspecified atom stereocenters. The van der Waals surface area contributed by atoms with E-state index in [-0.39, 0.29) is 10.6 Å². The van der Waals surface area contributed by atoms with Gasteiger partial charge < -0.3 is 9.80 Å². The quantitative estimate of drug-likeness (QED) is 0.626. The van der Waals surface area contributed by atoms with Crippen molar-refractivity contribution in [2.24, 2.45) is 5.92 Å². The molecule has 0 saturated carbocycles. The number of quaternary nitrogens is 2. The summed E-state index contributed by atoms with van der Waals surface area (Å²) in [5, 5.41) is 10.7. The SMILES string of the molecule is CC1CC[NH+](C2CC[NH+](Cc3ccc([N+](=O)[O-])cc3)CC2)CC1. The predicted octanol–water partition coefficient (Wildman–Crippen LogP) is 0.457. The summed E-state index contributed by atoms with van der Waals surface area (Å²) < 4.78 is 0. The van der Waals surface area contributed by atoms with E-state index in [4.69, 9.17) is 0 Å². The second-order valence-electron chi connectivity index (χ2n) is 7.47. The number of nitrogens with one attached hydrogen (secondary N) is 2. The summed E-state index contributed by atoms with van der Waals surface area (Å²) in [5.41, 5.74) is 1.40. The molecule has 0 atom stereocenters. The Hall–Kier alpha value is -1.46. The molecule has 2 fully saturated rings. The number of likely N-dealkylation sites (tertiary alicyclic amines) is 2. The zero-order chi connectivity index (χ0) is 16.2. The van der Waals surface area contributed by atoms with Gasteiger partial charge in [-0.2, -0.15) is 0 Å². The van der Waals surface area contributed by atoms with Crippen molar-refractivity contribution in [3.8, 4) is 0 Å². The van der Waals surface area contributed by atoms with E-state index >= 15 is 0 Å². The van der Waals surface area contributed by atoms with Crippen LogP contribution in [-0.4, -0.2) is 37.1 Å². The highest BCUT2D eigenvalue weighted by molar-refractivity contribution is 5.32. The van der Waals surface area contributed by atoms with Crippen molar-refractivity contribution in [3.63, 3.8) is 0 Å². The number of nitro groups is 1. The van der Waals surface area contributed by atoms with Crippen LogP contribution in [-0.2, 0) is 6.54 Å². The molecule has 1 aromatic carbocycles. The van der Waals surface area contributed by atoms with Gasteiger partial charge in [0.2, 0.25) is 0 Å². The number of hydrogen-bond acceptors (Lipinski definition) is 2. The maximum atomic E-state index is 10.7. The molecule has 0 aromatic heterocycles. The molecule has 1 aromatic rings. The third kappa shape index (κ3) is 4.30. The summed E-state index contributed by atoms with van der Waals surface area (Å²) in [7, 11) is 0. The summed E-state index contributed by atoms with van der Waals surface area (Å²) in [6.07, 6.45) is 5.44. The Balaban J connectivity index is 1.46. The minimum atomic E-state index is -0.329. The molecule has 0 radical (unpaired) electrons. The smallest absolute Gasteiger partial charge is 0.269 e. The zero-order valence-corrected chi connectivity index (χ0v) is 14.1. The van der Waals surface area contributed by atoms with Gasteiger partial charge in [-0.25, -0.2) is 0 Å². The van der Waals surface area contributed by atoms with E-state index in [1.807, 2.05) is 17.0 Å². The Morgan fingerprint density at radius 1 is 1.04 bits per heavy atom. The van der Waals surface area contributed by atoms with Crippen LogP contribution in [0.5, 0.6) is 0 Å². The van der Waals surface area contributed by atoms with Gasteiger partial charge in [-0.05, 0) is 30.9 Å². The summed E-state index contributed by atoms with van der Waals surface area (Å²) in [6, 6.07) is 7.94. The monoisotopic (exact) mass is 319 g/mol. The predicted molar refractivity (Wildman–Crippen MR) is 89.6 cm³/mol. The molecule has 0 amide bonds. The Labute approximate surface area is 138 Å². The lowest BCUT2D eigenvalue weighted by atomic mass is 9.95. The van der Waals surface area contributed by atoms with E-state index in [0.717, 1.165) is 18.5 Å². The largest absolute Gasteiger partial charge is 0.332 e. The van der Waals surface area contributed by atoms with E-state index in [9.17, 15) is 10.1 Å². The van der Waals surface area contributed by atoms with Crippen molar-refractivity contribution in [1.29, 1.82) is 0 Å². The van der Waals surface area contributed by atoms with E-state index in [1.165, 1.54) is 57.4 Å². The van der Waals surface area contributed by atoms with Gasteiger partial charge in [0.15, 0.2) is 0 Å². The molecule has 0 aliphatic carbocycles. The highest BCUT2D eigenvalue weighted by Crippen LogP contribution is 2.12. The van der Waals surface area contributed by atoms with Crippen LogP contribution >= 0.6 is 0 Å². The third-order valence-electron chi connectivity index (χ3n) is 5.79. The van der Waals surface area contributed by atoms with Crippen molar-refractivity contribution < 1.29 is 14.7 Å². The fourth-order valence-corrected chi connectivity index (χ4v) is 4.18. The van der Waals surface area contributed by atoms with Crippen LogP contribution in [0, 0.1) is 16.0 Å². The average molecular weight is 319 g/mol. The Morgan fingerprint density at radius 2 is 1.65 bits per heavy atom. The minimum Gasteiger partial charge on any atom is -0.332 e. The highest BCUT2D eigenvalue weighted by atomic mass is 16.6. The first-order chi connectivity index (χ1) is 11.1. The summed E-state index contributed by atoms with van der Waals surface area (Å²) in [4.78, 5) is 13.8. The fraction of sp³-hybridized carbons (Fsp3) is 0.667. The molecule has 3 rings (SSSR count). The van der Waals surface area contributed by atoms with E-state index in [0.29, 0.717) is 0 Å². The molecule has 2 aliphatic rings. The van der Waals surface area contributed by atoms with Crippen LogP contribution in [0.4, 0.5) is 5.69 Å². The van der Waals surface area contributed by atoms with Gasteiger partial charge in [0.05, 0.1) is 37.1 Å². The van der Waals surface area contributed by atoms with Gasteiger partial charge in [0, 0.05) is 30.5 Å². The van der Waals surface area contributed by atoms with Crippen molar-refractivity contribution in [1.82, 2.24) is 0 Å². The molecule has 0 bridgehead atoms. The van der Waals surface area contributed by atoms with Crippen LogP contribution in [0.25, 0.3) is 0 Å². The van der Waals surface area contributed by atoms with Gasteiger partial charge in [0.25, 0.3) is 5.69 Å². The lowest BCUT2D eigenvalue weighted by Gasteiger charge is -2.37. The zero-order valence-electron chi connectivity index (χ0n) is 14.1. The Bertz CT molecular complexity index is 516. The van der Waals surface area contributed by atoms with Crippen LogP contribution < -0.4 is 9.80 Å². The summed E-state index contributed by atoms with van der Waals surface area (Å²) in [6.45, 7) is 8.58. The third-order valence-corrected chi connectivity index (χ3v) is 5.79. The second-order valence-corrected chi connectivity index (χ2v) is 7.47. The van der Waals surface area contributed by atoms with Crippen molar-refractivity contribution in [2.75, 3.05) is 26.2 Å². The summed E-state index contributed by atoms with van der Waals surface area (Å²) >= 11 is 0. The van der Waals surface area contributed by atoms with E-state index in [1.54, 1.807) is 17.0 Å². The van der Waals surface area contributed by atoms with Crippen LogP contribution in [0.2, 0.25) is 0 Å². The van der Waals surface area contributed by atoms with Gasteiger partial charge >= 0.3 is 0 Å². The van der Waals surface area contributed by atoms with Crippen molar-refractivity contribution in [2.45, 2.75) is 45.2 Å². The van der Waals surface area contributed by atoms with Crippen molar-refractivity contribution >= 4 is 5.69 Å². The summed E-state index contributed by atoms with van der Waals surface area (Å²) in [5.74, 6) is 0.923. The molecule has 5 heteroatoms. The average Bonchev–Trinajstić information content (AvgIpc) is 2.57. The van der Waals surface area contributed by atoms with Gasteiger partial charge in [-0.3, -0.25) is 10.1 Å². The van der Waals surface area contributed by atoms with Gasteiger partial charge in [-0.1, -0.05) is 6.92 Å². The van der Waals surface area contributed by atoms with E-state index in [2.05, 4.69) is 6.92 Å². The minimum absolute atomic E-state index is 0.186. The molecular formula is C18H29N3O2+2. The second kappa shape index (κ2) is 7.41. The number of piperidine rings is 2. The molecule has 2 saturated heterocycles. The number of benzene rings is 1. The van der Waals surface area contributed by atoms with E-state index < -0.39 is 0 Å². The van der Waals surface area contributed by atoms with Crippen LogP contribution in [0.1, 0.15) is 38.2 Å². The normalized spacial score (nSPS) is 31.7. The molecule has 23 heavy (non-hydrogen) atoms. The van der Waals surface area contributed by atoms with Crippen LogP contribution in [0.15, 0.2) is 24.3 Å². The first kappa shape index (κ1) is 16.4. The first-order valence-electron chi connectivity index (χ1n) is 9.03. The Morgan fingerprint density at radius 3 is 2.22 bits per heavy atom. The standard InChI is InChI=1S/C18H27N3O2/c1-15-6-12-20(13-7-15)17-8-10-19(11-9-17)14-16-2-4-18(5-3-16)21(22)23/h2-5,15,17H,6-14H2,1H3/p+2. The van der Waals surface area contributed by atoms with Crippen molar-refractivity contribution in [3.05, 3.63) is 39.9 Å². The van der Waals surface area contributed by atoms with Crippen LogP contribution in [0.3, 0.4) is 0 Å². The molecule has 0 spiro atoms. The molecule has 5 nitrogen and oxygen atoms in total. The Kier molecular flexibility index (Phi) is 5.28. The molecule has 2 N–H and O–H groups in total. The van der Waals surface area contributed by atoms with Gasteiger partial charge in [0.1, 0.15) is 6.54 Å². The maximum absolute atomic E-state index is 10.7.